The van der Waals surface area contributed by atoms with Gasteiger partial charge < -0.3 is 5.73 Å². The predicted octanol–water partition coefficient (Wildman–Crippen LogP) is 2.10. The number of fused-ring (bicyclic) bond motifs is 1. The number of hydrogen-bond donors (Lipinski definition) is 3. The topological polar surface area (TPSA) is 119 Å². The molecule has 0 unspecified atom stereocenters. The quantitative estimate of drug-likeness (QED) is 0.258. The van der Waals surface area contributed by atoms with Crippen molar-refractivity contribution in [3.63, 3.8) is 0 Å². The molecule has 0 bridgehead atoms. The van der Waals surface area contributed by atoms with E-state index in [1.54, 1.807) is 18.2 Å². The highest BCUT2D eigenvalue weighted by Crippen LogP contribution is 2.31. The SMILES string of the molecule is Nc1ccc2cc(SOOO)cc(S(=O)(=O)O)c2c1. The van der Waals surface area contributed by atoms with Crippen LogP contribution in [0.1, 0.15) is 0 Å². The summed E-state index contributed by atoms with van der Waals surface area (Å²) in [6.45, 7) is 0. The van der Waals surface area contributed by atoms with Crippen molar-refractivity contribution in [2.75, 3.05) is 5.73 Å². The average Bonchev–Trinajstić information content (AvgIpc) is 2.34. The molecular formula is C10H9NO6S2. The summed E-state index contributed by atoms with van der Waals surface area (Å²) in [6, 6.07) is 7.40. The summed E-state index contributed by atoms with van der Waals surface area (Å²) in [6.07, 6.45) is 0. The van der Waals surface area contributed by atoms with Gasteiger partial charge in [0.25, 0.3) is 10.1 Å². The molecule has 0 amide bonds. The summed E-state index contributed by atoms with van der Waals surface area (Å²) in [4.78, 5) is 0.0142. The molecule has 2 aromatic rings. The summed E-state index contributed by atoms with van der Waals surface area (Å²) in [5, 5.41) is 12.3. The Morgan fingerprint density at radius 1 is 1.21 bits per heavy atom. The van der Waals surface area contributed by atoms with Gasteiger partial charge in [0.05, 0.1) is 12.0 Å². The molecule has 0 saturated heterocycles. The first-order chi connectivity index (χ1) is 8.91. The van der Waals surface area contributed by atoms with Gasteiger partial charge in [-0.3, -0.25) is 4.55 Å². The Balaban J connectivity index is 2.69. The van der Waals surface area contributed by atoms with E-state index in [9.17, 15) is 13.0 Å². The van der Waals surface area contributed by atoms with Gasteiger partial charge in [-0.1, -0.05) is 11.1 Å². The smallest absolute Gasteiger partial charge is 0.295 e. The standard InChI is InChI=1S/C10H9NO6S2/c11-7-2-1-6-3-8(18-17-16-12)5-10(9(6)4-7)19(13,14)15/h1-5,12H,11H2,(H,13,14,15). The van der Waals surface area contributed by atoms with Crippen LogP contribution in [0.15, 0.2) is 40.1 Å². The van der Waals surface area contributed by atoms with Gasteiger partial charge in [-0.2, -0.15) is 8.42 Å². The third-order valence-corrected chi connectivity index (χ3v) is 3.80. The average molecular weight is 303 g/mol. The maximum Gasteiger partial charge on any atom is 0.295 e. The van der Waals surface area contributed by atoms with E-state index in [2.05, 4.69) is 9.37 Å². The minimum atomic E-state index is -4.42. The van der Waals surface area contributed by atoms with Crippen molar-refractivity contribution in [2.45, 2.75) is 9.79 Å². The Labute approximate surface area is 112 Å². The van der Waals surface area contributed by atoms with Crippen LogP contribution in [0.25, 0.3) is 10.8 Å². The Morgan fingerprint density at radius 3 is 2.58 bits per heavy atom. The molecule has 0 aliphatic carbocycles. The fourth-order valence-electron chi connectivity index (χ4n) is 1.63. The van der Waals surface area contributed by atoms with Crippen molar-refractivity contribution in [1.82, 2.24) is 0 Å². The van der Waals surface area contributed by atoms with Crippen LogP contribution in [0.4, 0.5) is 5.69 Å². The second-order valence-electron chi connectivity index (χ2n) is 3.60. The minimum Gasteiger partial charge on any atom is -0.399 e. The third kappa shape index (κ3) is 3.15. The normalized spacial score (nSPS) is 11.9. The summed E-state index contributed by atoms with van der Waals surface area (Å²) >= 11 is 0.591. The van der Waals surface area contributed by atoms with Crippen molar-refractivity contribution >= 4 is 38.6 Å². The summed E-state index contributed by atoms with van der Waals surface area (Å²) in [5.74, 6) is 0. The Morgan fingerprint density at radius 2 is 1.95 bits per heavy atom. The zero-order valence-electron chi connectivity index (χ0n) is 9.31. The van der Waals surface area contributed by atoms with Crippen LogP contribution < -0.4 is 5.73 Å². The van der Waals surface area contributed by atoms with E-state index in [1.807, 2.05) is 0 Å². The first kappa shape index (κ1) is 14.1. The third-order valence-electron chi connectivity index (χ3n) is 2.35. The highest BCUT2D eigenvalue weighted by atomic mass is 32.2. The zero-order valence-corrected chi connectivity index (χ0v) is 10.9. The Kier molecular flexibility index (Phi) is 3.94. The molecular weight excluding hydrogens is 294 g/mol. The van der Waals surface area contributed by atoms with Crippen LogP contribution in [-0.4, -0.2) is 18.2 Å². The van der Waals surface area contributed by atoms with Crippen molar-refractivity contribution < 1.29 is 27.6 Å². The summed E-state index contributed by atoms with van der Waals surface area (Å²) in [5.41, 5.74) is 5.96. The molecule has 0 aliphatic heterocycles. The molecule has 0 radical (unpaired) electrons. The predicted molar refractivity (Wildman–Crippen MR) is 68.8 cm³/mol. The van der Waals surface area contributed by atoms with E-state index >= 15 is 0 Å². The Hall–Kier alpha value is -1.36. The maximum absolute atomic E-state index is 11.4. The van der Waals surface area contributed by atoms with Gasteiger partial charge in [-0.05, 0) is 29.7 Å². The van der Waals surface area contributed by atoms with E-state index in [0.717, 1.165) is 0 Å². The van der Waals surface area contributed by atoms with E-state index in [1.165, 1.54) is 12.1 Å². The molecule has 7 nitrogen and oxygen atoms in total. The second-order valence-corrected chi connectivity index (χ2v) is 5.77. The first-order valence-corrected chi connectivity index (χ1v) is 7.05. The lowest BCUT2D eigenvalue weighted by Gasteiger charge is -2.07. The van der Waals surface area contributed by atoms with Gasteiger partial charge in [0, 0.05) is 16.0 Å². The number of rotatable bonds is 4. The van der Waals surface area contributed by atoms with Crippen molar-refractivity contribution in [2.24, 2.45) is 0 Å². The molecule has 0 fully saturated rings. The fraction of sp³-hybridized carbons (Fsp3) is 0. The molecule has 0 atom stereocenters. The van der Waals surface area contributed by atoms with E-state index in [4.69, 9.17) is 11.0 Å². The van der Waals surface area contributed by atoms with Crippen molar-refractivity contribution in [3.05, 3.63) is 30.3 Å². The molecule has 2 aromatic carbocycles. The highest BCUT2D eigenvalue weighted by Gasteiger charge is 2.16. The van der Waals surface area contributed by atoms with Crippen LogP contribution in [0, 0.1) is 0 Å². The molecule has 9 heteroatoms. The second kappa shape index (κ2) is 5.33. The molecule has 102 valence electrons. The number of anilines is 1. The number of benzene rings is 2. The summed E-state index contributed by atoms with van der Waals surface area (Å²) < 4.78 is 36.2. The fourth-order valence-corrected chi connectivity index (χ4v) is 2.89. The number of hydrogen-bond acceptors (Lipinski definition) is 7. The number of nitrogens with two attached hydrogens (primary N) is 1. The molecule has 0 spiro atoms. The largest absolute Gasteiger partial charge is 0.399 e. The molecule has 0 saturated carbocycles. The molecule has 19 heavy (non-hydrogen) atoms. The van der Waals surface area contributed by atoms with E-state index < -0.39 is 10.1 Å². The lowest BCUT2D eigenvalue weighted by atomic mass is 10.1. The molecule has 0 aliphatic rings. The van der Waals surface area contributed by atoms with Crippen molar-refractivity contribution in [3.8, 4) is 0 Å². The lowest BCUT2D eigenvalue weighted by Crippen LogP contribution is -2.00. The van der Waals surface area contributed by atoms with Crippen LogP contribution in [0.5, 0.6) is 0 Å². The molecule has 4 N–H and O–H groups in total. The first-order valence-electron chi connectivity index (χ1n) is 4.87. The zero-order chi connectivity index (χ0) is 14.0. The van der Waals surface area contributed by atoms with Crippen LogP contribution in [0.3, 0.4) is 0 Å². The van der Waals surface area contributed by atoms with Crippen LogP contribution >= 0.6 is 12.0 Å². The molecule has 0 heterocycles. The van der Waals surface area contributed by atoms with Gasteiger partial charge in [0.2, 0.25) is 0 Å². The van der Waals surface area contributed by atoms with Crippen molar-refractivity contribution in [1.29, 1.82) is 0 Å². The van der Waals surface area contributed by atoms with E-state index in [-0.39, 0.29) is 10.3 Å². The van der Waals surface area contributed by atoms with Crippen LogP contribution in [0.2, 0.25) is 0 Å². The van der Waals surface area contributed by atoms with Gasteiger partial charge >= 0.3 is 0 Å². The number of nitrogen functional groups attached to an aromatic ring is 1. The highest BCUT2D eigenvalue weighted by molar-refractivity contribution is 7.94. The summed E-state index contributed by atoms with van der Waals surface area (Å²) in [7, 11) is -4.42. The van der Waals surface area contributed by atoms with E-state index in [0.29, 0.717) is 28.0 Å². The molecule has 0 aromatic heterocycles. The monoisotopic (exact) mass is 303 g/mol. The van der Waals surface area contributed by atoms with Gasteiger partial charge in [0.15, 0.2) is 0 Å². The molecule has 2 rings (SSSR count). The Bertz CT molecular complexity index is 715. The minimum absolute atomic E-state index is 0.289. The van der Waals surface area contributed by atoms with Gasteiger partial charge in [-0.25, -0.2) is 5.26 Å². The van der Waals surface area contributed by atoms with Gasteiger partial charge in [0.1, 0.15) is 4.90 Å². The maximum atomic E-state index is 11.4. The van der Waals surface area contributed by atoms with Gasteiger partial charge in [-0.15, -0.1) is 4.33 Å². The lowest BCUT2D eigenvalue weighted by molar-refractivity contribution is -0.432. The van der Waals surface area contributed by atoms with Crippen LogP contribution in [-0.2, 0) is 19.5 Å².